The average molecular weight is 289 g/mol. The maximum atomic E-state index is 9.57. The number of benzene rings is 1. The first-order chi connectivity index (χ1) is 10.2. The summed E-state index contributed by atoms with van der Waals surface area (Å²) in [5.74, 6) is 0.379. The number of likely N-dealkylation sites (tertiary alicyclic amines) is 1. The lowest BCUT2D eigenvalue weighted by Gasteiger charge is -2.30. The standard InChI is InChI=1S/C16H23N3O2/c1-2-11-21-18-16(17)15-6-4-3-5-13(15)12-19-9-7-14(20)8-10-19/h2-6,14,20H,1,7-12H2,(H2,17,18). The molecule has 1 aromatic rings. The van der Waals surface area contributed by atoms with E-state index < -0.39 is 0 Å². The van der Waals surface area contributed by atoms with Gasteiger partial charge in [0.15, 0.2) is 5.84 Å². The highest BCUT2D eigenvalue weighted by molar-refractivity contribution is 5.98. The Bertz CT molecular complexity index is 494. The number of hydrogen-bond donors (Lipinski definition) is 2. The molecule has 0 spiro atoms. The van der Waals surface area contributed by atoms with Crippen molar-refractivity contribution in [1.82, 2.24) is 4.90 Å². The minimum Gasteiger partial charge on any atom is -0.393 e. The van der Waals surface area contributed by atoms with E-state index in [1.54, 1.807) is 6.08 Å². The van der Waals surface area contributed by atoms with Gasteiger partial charge in [0.2, 0.25) is 0 Å². The first-order valence-electron chi connectivity index (χ1n) is 7.25. The molecule has 0 bridgehead atoms. The number of rotatable bonds is 6. The van der Waals surface area contributed by atoms with E-state index in [1.165, 1.54) is 0 Å². The molecule has 2 rings (SSSR count). The van der Waals surface area contributed by atoms with E-state index in [0.717, 1.165) is 43.6 Å². The minimum atomic E-state index is -0.157. The molecule has 0 saturated carbocycles. The molecular weight excluding hydrogens is 266 g/mol. The molecule has 114 valence electrons. The predicted molar refractivity (Wildman–Crippen MR) is 83.8 cm³/mol. The lowest BCUT2D eigenvalue weighted by Crippen LogP contribution is -2.35. The summed E-state index contributed by atoms with van der Waals surface area (Å²) in [4.78, 5) is 7.38. The van der Waals surface area contributed by atoms with Gasteiger partial charge in [0.05, 0.1) is 6.10 Å². The highest BCUT2D eigenvalue weighted by Crippen LogP contribution is 2.16. The van der Waals surface area contributed by atoms with Crippen molar-refractivity contribution in [3.05, 3.63) is 48.0 Å². The zero-order valence-corrected chi connectivity index (χ0v) is 12.2. The summed E-state index contributed by atoms with van der Waals surface area (Å²) in [5, 5.41) is 13.5. The number of nitrogens with two attached hydrogens (primary N) is 1. The number of nitrogens with zero attached hydrogens (tertiary/aromatic N) is 2. The van der Waals surface area contributed by atoms with Gasteiger partial charge in [-0.3, -0.25) is 4.90 Å². The van der Waals surface area contributed by atoms with Crippen LogP contribution in [0.2, 0.25) is 0 Å². The van der Waals surface area contributed by atoms with Crippen LogP contribution in [0.4, 0.5) is 0 Å². The fourth-order valence-electron chi connectivity index (χ4n) is 2.44. The molecular formula is C16H23N3O2. The van der Waals surface area contributed by atoms with Crippen molar-refractivity contribution < 1.29 is 9.94 Å². The van der Waals surface area contributed by atoms with Gasteiger partial charge in [0.1, 0.15) is 6.61 Å². The first-order valence-corrected chi connectivity index (χ1v) is 7.25. The Morgan fingerprint density at radius 1 is 1.43 bits per heavy atom. The largest absolute Gasteiger partial charge is 0.393 e. The zero-order valence-electron chi connectivity index (χ0n) is 12.2. The molecule has 5 heteroatoms. The number of amidine groups is 1. The Kier molecular flexibility index (Phi) is 5.78. The van der Waals surface area contributed by atoms with Gasteiger partial charge in [0.25, 0.3) is 0 Å². The monoisotopic (exact) mass is 289 g/mol. The second kappa shape index (κ2) is 7.81. The van der Waals surface area contributed by atoms with E-state index in [9.17, 15) is 5.11 Å². The van der Waals surface area contributed by atoms with Gasteiger partial charge in [-0.25, -0.2) is 0 Å². The summed E-state index contributed by atoms with van der Waals surface area (Å²) in [6.07, 6.45) is 3.12. The van der Waals surface area contributed by atoms with Crippen LogP contribution in [0, 0.1) is 0 Å². The van der Waals surface area contributed by atoms with Crippen LogP contribution < -0.4 is 5.73 Å². The number of oxime groups is 1. The lowest BCUT2D eigenvalue weighted by atomic mass is 10.0. The van der Waals surface area contributed by atoms with Crippen LogP contribution in [-0.4, -0.2) is 41.6 Å². The van der Waals surface area contributed by atoms with E-state index in [0.29, 0.717) is 12.4 Å². The average Bonchev–Trinajstić information content (AvgIpc) is 2.50. The van der Waals surface area contributed by atoms with Crippen LogP contribution >= 0.6 is 0 Å². The van der Waals surface area contributed by atoms with E-state index in [4.69, 9.17) is 10.6 Å². The summed E-state index contributed by atoms with van der Waals surface area (Å²) in [5.41, 5.74) is 8.01. The second-order valence-corrected chi connectivity index (χ2v) is 5.23. The molecule has 0 amide bonds. The topological polar surface area (TPSA) is 71.1 Å². The van der Waals surface area contributed by atoms with Crippen molar-refractivity contribution >= 4 is 5.84 Å². The van der Waals surface area contributed by atoms with E-state index in [-0.39, 0.29) is 6.10 Å². The van der Waals surface area contributed by atoms with Gasteiger partial charge < -0.3 is 15.7 Å². The molecule has 0 atom stereocenters. The fraction of sp³-hybridized carbons (Fsp3) is 0.438. The van der Waals surface area contributed by atoms with Gasteiger partial charge in [0, 0.05) is 25.2 Å². The number of aliphatic hydroxyl groups excluding tert-OH is 1. The van der Waals surface area contributed by atoms with Gasteiger partial charge in [-0.1, -0.05) is 42.1 Å². The third kappa shape index (κ3) is 4.58. The summed E-state index contributed by atoms with van der Waals surface area (Å²) in [6.45, 7) is 6.52. The van der Waals surface area contributed by atoms with Crippen molar-refractivity contribution in [3.63, 3.8) is 0 Å². The molecule has 1 heterocycles. The fourth-order valence-corrected chi connectivity index (χ4v) is 2.44. The van der Waals surface area contributed by atoms with Crippen LogP contribution in [0.25, 0.3) is 0 Å². The molecule has 0 radical (unpaired) electrons. The highest BCUT2D eigenvalue weighted by Gasteiger charge is 2.18. The smallest absolute Gasteiger partial charge is 0.170 e. The summed E-state index contributed by atoms with van der Waals surface area (Å²) in [7, 11) is 0. The molecule has 0 unspecified atom stereocenters. The van der Waals surface area contributed by atoms with E-state index in [1.807, 2.05) is 18.2 Å². The van der Waals surface area contributed by atoms with Gasteiger partial charge in [-0.05, 0) is 18.4 Å². The molecule has 1 fully saturated rings. The van der Waals surface area contributed by atoms with Crippen molar-refractivity contribution in [2.45, 2.75) is 25.5 Å². The first kappa shape index (κ1) is 15.5. The summed E-state index contributed by atoms with van der Waals surface area (Å²) >= 11 is 0. The summed E-state index contributed by atoms with van der Waals surface area (Å²) in [6, 6.07) is 7.94. The third-order valence-electron chi connectivity index (χ3n) is 3.60. The molecule has 3 N–H and O–H groups in total. The lowest BCUT2D eigenvalue weighted by molar-refractivity contribution is 0.0792. The zero-order chi connectivity index (χ0) is 15.1. The Labute approximate surface area is 125 Å². The van der Waals surface area contributed by atoms with Crippen LogP contribution in [0.1, 0.15) is 24.0 Å². The minimum absolute atomic E-state index is 0.157. The molecule has 1 aliphatic rings. The Hall–Kier alpha value is -1.85. The third-order valence-corrected chi connectivity index (χ3v) is 3.60. The highest BCUT2D eigenvalue weighted by atomic mass is 16.6. The number of piperidine rings is 1. The van der Waals surface area contributed by atoms with E-state index >= 15 is 0 Å². The molecule has 0 aliphatic carbocycles. The Morgan fingerprint density at radius 2 is 2.14 bits per heavy atom. The molecule has 1 aliphatic heterocycles. The van der Waals surface area contributed by atoms with Crippen molar-refractivity contribution in [1.29, 1.82) is 0 Å². The van der Waals surface area contributed by atoms with Crippen molar-refractivity contribution in [2.75, 3.05) is 19.7 Å². The van der Waals surface area contributed by atoms with Gasteiger partial charge in [-0.15, -0.1) is 0 Å². The maximum Gasteiger partial charge on any atom is 0.170 e. The predicted octanol–water partition coefficient (Wildman–Crippen LogP) is 1.47. The second-order valence-electron chi connectivity index (χ2n) is 5.23. The van der Waals surface area contributed by atoms with Crippen molar-refractivity contribution in [3.8, 4) is 0 Å². The molecule has 0 aromatic heterocycles. The van der Waals surface area contributed by atoms with E-state index in [2.05, 4.69) is 22.7 Å². The SMILES string of the molecule is C=CCO/N=C(/N)c1ccccc1CN1CCC(O)CC1. The Balaban J connectivity index is 2.06. The number of aliphatic hydroxyl groups is 1. The van der Waals surface area contributed by atoms with Crippen LogP contribution in [0.15, 0.2) is 42.1 Å². The number of hydrogen-bond acceptors (Lipinski definition) is 4. The quantitative estimate of drug-likeness (QED) is 0.273. The van der Waals surface area contributed by atoms with Crippen molar-refractivity contribution in [2.24, 2.45) is 10.9 Å². The maximum absolute atomic E-state index is 9.57. The molecule has 1 saturated heterocycles. The van der Waals surface area contributed by atoms with Crippen LogP contribution in [0.5, 0.6) is 0 Å². The molecule has 21 heavy (non-hydrogen) atoms. The Morgan fingerprint density at radius 3 is 2.86 bits per heavy atom. The van der Waals surface area contributed by atoms with Crippen LogP contribution in [-0.2, 0) is 11.4 Å². The molecule has 5 nitrogen and oxygen atoms in total. The van der Waals surface area contributed by atoms with Gasteiger partial charge in [-0.2, -0.15) is 0 Å². The normalized spacial score (nSPS) is 17.7. The summed E-state index contributed by atoms with van der Waals surface area (Å²) < 4.78 is 0. The van der Waals surface area contributed by atoms with Crippen LogP contribution in [0.3, 0.4) is 0 Å². The van der Waals surface area contributed by atoms with Gasteiger partial charge >= 0.3 is 0 Å². The molecule has 1 aromatic carbocycles.